The van der Waals surface area contributed by atoms with Gasteiger partial charge in [-0.05, 0) is 43.5 Å². The van der Waals surface area contributed by atoms with Gasteiger partial charge in [-0.3, -0.25) is 9.36 Å². The lowest BCUT2D eigenvalue weighted by atomic mass is 10.1. The summed E-state index contributed by atoms with van der Waals surface area (Å²) in [4.78, 5) is 19.6. The van der Waals surface area contributed by atoms with E-state index in [0.29, 0.717) is 13.2 Å². The van der Waals surface area contributed by atoms with E-state index < -0.39 is 0 Å². The Balaban J connectivity index is 1.64. The number of benzene rings is 1. The molecule has 4 rings (SSSR count). The molecule has 130 valence electrons. The molecule has 3 aromatic rings. The molecular weight excluding hydrogens is 334 g/mol. The predicted octanol–water partition coefficient (Wildman–Crippen LogP) is 2.75. The predicted molar refractivity (Wildman–Crippen MR) is 101 cm³/mol. The highest BCUT2D eigenvalue weighted by Gasteiger charge is 2.19. The molecule has 0 atom stereocenters. The number of fused-ring (bicyclic) bond motifs is 3. The number of hydrogen-bond donors (Lipinski definition) is 1. The molecule has 1 aliphatic rings. The van der Waals surface area contributed by atoms with E-state index in [1.807, 2.05) is 25.1 Å². The molecule has 0 saturated heterocycles. The zero-order chi connectivity index (χ0) is 17.2. The molecule has 0 radical (unpaired) electrons. The molecule has 0 bridgehead atoms. The number of aromatic nitrogens is 2. The topological polar surface area (TPSA) is 56.2 Å². The fourth-order valence-electron chi connectivity index (χ4n) is 3.36. The SMILES string of the molecule is CCOc1ccccc1CCn1cnc2sc3c(c2c1=O)CCNC3. The van der Waals surface area contributed by atoms with Crippen LogP contribution in [0.2, 0.25) is 0 Å². The second kappa shape index (κ2) is 6.98. The number of ether oxygens (including phenoxy) is 1. The zero-order valence-corrected chi connectivity index (χ0v) is 15.1. The normalized spacial score (nSPS) is 13.8. The first-order valence-corrected chi connectivity index (χ1v) is 9.50. The average molecular weight is 355 g/mol. The van der Waals surface area contributed by atoms with E-state index in [0.717, 1.165) is 47.5 Å². The first kappa shape index (κ1) is 16.3. The van der Waals surface area contributed by atoms with Crippen LogP contribution < -0.4 is 15.6 Å². The van der Waals surface area contributed by atoms with E-state index in [9.17, 15) is 4.79 Å². The van der Waals surface area contributed by atoms with E-state index in [4.69, 9.17) is 4.74 Å². The summed E-state index contributed by atoms with van der Waals surface area (Å²) in [6.07, 6.45) is 3.34. The minimum atomic E-state index is 0.0818. The number of nitrogens with zero attached hydrogens (tertiary/aromatic N) is 2. The van der Waals surface area contributed by atoms with Crippen molar-refractivity contribution in [2.75, 3.05) is 13.2 Å². The molecule has 6 heteroatoms. The van der Waals surface area contributed by atoms with Crippen LogP contribution in [-0.2, 0) is 25.9 Å². The van der Waals surface area contributed by atoms with Gasteiger partial charge < -0.3 is 10.1 Å². The quantitative estimate of drug-likeness (QED) is 0.765. The van der Waals surface area contributed by atoms with Gasteiger partial charge in [0.2, 0.25) is 0 Å². The van der Waals surface area contributed by atoms with Gasteiger partial charge in [-0.25, -0.2) is 4.98 Å². The molecule has 0 fully saturated rings. The Morgan fingerprint density at radius 1 is 1.36 bits per heavy atom. The summed E-state index contributed by atoms with van der Waals surface area (Å²) in [6.45, 7) is 4.99. The Hall–Kier alpha value is -2.18. The summed E-state index contributed by atoms with van der Waals surface area (Å²) in [7, 11) is 0. The number of thiophene rings is 1. The highest BCUT2D eigenvalue weighted by molar-refractivity contribution is 7.18. The molecule has 0 aliphatic carbocycles. The Kier molecular flexibility index (Phi) is 4.55. The summed E-state index contributed by atoms with van der Waals surface area (Å²) >= 11 is 1.64. The molecule has 0 spiro atoms. The number of hydrogen-bond acceptors (Lipinski definition) is 5. The lowest BCUT2D eigenvalue weighted by molar-refractivity contribution is 0.336. The first-order valence-electron chi connectivity index (χ1n) is 8.69. The van der Waals surface area contributed by atoms with E-state index in [1.54, 1.807) is 22.2 Å². The fourth-order valence-corrected chi connectivity index (χ4v) is 4.50. The molecule has 1 N–H and O–H groups in total. The van der Waals surface area contributed by atoms with Gasteiger partial charge in [0, 0.05) is 18.0 Å². The second-order valence-corrected chi connectivity index (χ2v) is 7.23. The van der Waals surface area contributed by atoms with Crippen molar-refractivity contribution in [1.29, 1.82) is 0 Å². The van der Waals surface area contributed by atoms with Gasteiger partial charge in [-0.15, -0.1) is 11.3 Å². The molecule has 1 aromatic carbocycles. The van der Waals surface area contributed by atoms with E-state index >= 15 is 0 Å². The summed E-state index contributed by atoms with van der Waals surface area (Å²) in [5, 5.41) is 4.18. The monoisotopic (exact) mass is 355 g/mol. The van der Waals surface area contributed by atoms with Gasteiger partial charge in [-0.1, -0.05) is 18.2 Å². The molecule has 2 aromatic heterocycles. The maximum absolute atomic E-state index is 13.0. The second-order valence-electron chi connectivity index (χ2n) is 6.14. The summed E-state index contributed by atoms with van der Waals surface area (Å²) < 4.78 is 7.42. The Labute approximate surface area is 150 Å². The summed E-state index contributed by atoms with van der Waals surface area (Å²) in [5.74, 6) is 0.895. The standard InChI is InChI=1S/C19H21N3O2S/c1-2-24-15-6-4-3-5-13(15)8-10-22-12-21-18-17(19(22)23)14-7-9-20-11-16(14)25-18/h3-6,12,20H,2,7-11H2,1H3. The van der Waals surface area contributed by atoms with Gasteiger partial charge in [-0.2, -0.15) is 0 Å². The van der Waals surface area contributed by atoms with Crippen molar-refractivity contribution < 1.29 is 4.74 Å². The van der Waals surface area contributed by atoms with Gasteiger partial charge in [0.1, 0.15) is 10.6 Å². The van der Waals surface area contributed by atoms with Crippen LogP contribution in [0.3, 0.4) is 0 Å². The number of nitrogens with one attached hydrogen (secondary N) is 1. The molecular formula is C19H21N3O2S. The average Bonchev–Trinajstić information content (AvgIpc) is 3.02. The Bertz CT molecular complexity index is 961. The highest BCUT2D eigenvalue weighted by Crippen LogP contribution is 2.29. The highest BCUT2D eigenvalue weighted by atomic mass is 32.1. The van der Waals surface area contributed by atoms with E-state index in [-0.39, 0.29) is 5.56 Å². The Morgan fingerprint density at radius 2 is 2.24 bits per heavy atom. The van der Waals surface area contributed by atoms with Crippen molar-refractivity contribution >= 4 is 21.6 Å². The van der Waals surface area contributed by atoms with Crippen LogP contribution in [0.15, 0.2) is 35.4 Å². The number of rotatable bonds is 5. The van der Waals surface area contributed by atoms with Gasteiger partial charge in [0.05, 0.1) is 18.3 Å². The van der Waals surface area contributed by atoms with Gasteiger partial charge in [0.25, 0.3) is 5.56 Å². The van der Waals surface area contributed by atoms with Crippen LogP contribution in [0.4, 0.5) is 0 Å². The van der Waals surface area contributed by atoms with Crippen molar-refractivity contribution in [2.24, 2.45) is 0 Å². The molecule has 3 heterocycles. The summed E-state index contributed by atoms with van der Waals surface area (Å²) in [5.41, 5.74) is 2.39. The molecule has 0 saturated carbocycles. The first-order chi connectivity index (χ1) is 12.3. The van der Waals surface area contributed by atoms with Crippen molar-refractivity contribution in [3.05, 3.63) is 57.0 Å². The number of para-hydroxylation sites is 1. The van der Waals surface area contributed by atoms with Crippen molar-refractivity contribution in [2.45, 2.75) is 32.9 Å². The zero-order valence-electron chi connectivity index (χ0n) is 14.2. The maximum atomic E-state index is 13.0. The molecule has 25 heavy (non-hydrogen) atoms. The molecule has 0 amide bonds. The van der Waals surface area contributed by atoms with Crippen molar-refractivity contribution in [3.63, 3.8) is 0 Å². The van der Waals surface area contributed by atoms with Crippen LogP contribution in [0, 0.1) is 0 Å². The third-order valence-corrected chi connectivity index (χ3v) is 5.73. The molecule has 0 unspecified atom stereocenters. The van der Waals surface area contributed by atoms with Crippen molar-refractivity contribution in [3.8, 4) is 5.75 Å². The summed E-state index contributed by atoms with van der Waals surface area (Å²) in [6, 6.07) is 8.01. The van der Waals surface area contributed by atoms with Crippen LogP contribution in [0.1, 0.15) is 22.9 Å². The third-order valence-electron chi connectivity index (χ3n) is 4.59. The minimum absolute atomic E-state index is 0.0818. The lowest BCUT2D eigenvalue weighted by Crippen LogP contribution is -2.25. The lowest BCUT2D eigenvalue weighted by Gasteiger charge is -2.13. The van der Waals surface area contributed by atoms with Crippen LogP contribution in [-0.4, -0.2) is 22.7 Å². The van der Waals surface area contributed by atoms with Gasteiger partial charge in [0.15, 0.2) is 0 Å². The maximum Gasteiger partial charge on any atom is 0.262 e. The van der Waals surface area contributed by atoms with Crippen LogP contribution in [0.5, 0.6) is 5.75 Å². The number of aryl methyl sites for hydroxylation is 2. The van der Waals surface area contributed by atoms with Crippen LogP contribution in [0.25, 0.3) is 10.2 Å². The van der Waals surface area contributed by atoms with Crippen LogP contribution >= 0.6 is 11.3 Å². The van der Waals surface area contributed by atoms with E-state index in [1.165, 1.54) is 10.4 Å². The fraction of sp³-hybridized carbons (Fsp3) is 0.368. The third kappa shape index (κ3) is 3.07. The smallest absolute Gasteiger partial charge is 0.262 e. The van der Waals surface area contributed by atoms with Crippen molar-refractivity contribution in [1.82, 2.24) is 14.9 Å². The van der Waals surface area contributed by atoms with E-state index in [2.05, 4.69) is 16.4 Å². The van der Waals surface area contributed by atoms with Gasteiger partial charge >= 0.3 is 0 Å². The minimum Gasteiger partial charge on any atom is -0.494 e. The largest absolute Gasteiger partial charge is 0.494 e. The molecule has 5 nitrogen and oxygen atoms in total. The Morgan fingerprint density at radius 3 is 3.12 bits per heavy atom. The molecule has 1 aliphatic heterocycles.